The van der Waals surface area contributed by atoms with Crippen molar-refractivity contribution in [2.75, 3.05) is 6.61 Å². The van der Waals surface area contributed by atoms with Gasteiger partial charge in [-0.1, -0.05) is 42.2 Å². The molecular weight excluding hydrogens is 260 g/mol. The van der Waals surface area contributed by atoms with E-state index in [1.807, 2.05) is 18.2 Å². The maximum atomic E-state index is 8.92. The van der Waals surface area contributed by atoms with Crippen molar-refractivity contribution in [3.63, 3.8) is 0 Å². The van der Waals surface area contributed by atoms with Crippen LogP contribution in [0.3, 0.4) is 0 Å². The maximum absolute atomic E-state index is 8.92. The Labute approximate surface area is 125 Å². The fraction of sp³-hybridized carbons (Fsp3) is 0.368. The molecule has 108 valence electrons. The van der Waals surface area contributed by atoms with Gasteiger partial charge in [0.2, 0.25) is 0 Å². The first-order valence-electron chi connectivity index (χ1n) is 7.66. The molecule has 1 aliphatic rings. The van der Waals surface area contributed by atoms with Gasteiger partial charge in [-0.25, -0.2) is 0 Å². The molecule has 0 saturated heterocycles. The van der Waals surface area contributed by atoms with E-state index in [1.54, 1.807) is 0 Å². The number of hydrogen-bond acceptors (Lipinski definition) is 2. The molecule has 0 atom stereocenters. The fourth-order valence-electron chi connectivity index (χ4n) is 2.87. The summed E-state index contributed by atoms with van der Waals surface area (Å²) in [7, 11) is 0. The highest BCUT2D eigenvalue weighted by Crippen LogP contribution is 2.31. The Kier molecular flexibility index (Phi) is 4.43. The van der Waals surface area contributed by atoms with Crippen LogP contribution in [0.5, 0.6) is 5.75 Å². The minimum atomic E-state index is 0.0938. The maximum Gasteiger partial charge on any atom is 0.135 e. The molecule has 21 heavy (non-hydrogen) atoms. The molecule has 0 radical (unpaired) electrons. The van der Waals surface area contributed by atoms with Crippen molar-refractivity contribution < 1.29 is 9.84 Å². The fourth-order valence-corrected chi connectivity index (χ4v) is 2.87. The summed E-state index contributed by atoms with van der Waals surface area (Å²) < 4.78 is 6.18. The largest absolute Gasteiger partial charge is 0.489 e. The molecule has 0 spiro atoms. The van der Waals surface area contributed by atoms with Crippen LogP contribution in [-0.4, -0.2) is 17.8 Å². The van der Waals surface area contributed by atoms with E-state index in [-0.39, 0.29) is 6.61 Å². The average molecular weight is 280 g/mol. The summed E-state index contributed by atoms with van der Waals surface area (Å²) >= 11 is 0. The predicted molar refractivity (Wildman–Crippen MR) is 85.4 cm³/mol. The predicted octanol–water partition coefficient (Wildman–Crippen LogP) is 3.90. The quantitative estimate of drug-likeness (QED) is 0.864. The van der Waals surface area contributed by atoms with Crippen LogP contribution in [0.25, 0.3) is 10.8 Å². The van der Waals surface area contributed by atoms with Crippen LogP contribution in [0.2, 0.25) is 0 Å². The van der Waals surface area contributed by atoms with E-state index < -0.39 is 0 Å². The lowest BCUT2D eigenvalue weighted by Crippen LogP contribution is -2.11. The summed E-state index contributed by atoms with van der Waals surface area (Å²) in [6.07, 6.45) is 5.59. The monoisotopic (exact) mass is 280 g/mol. The Hall–Kier alpha value is -1.98. The van der Waals surface area contributed by atoms with Gasteiger partial charge in [0.25, 0.3) is 0 Å². The summed E-state index contributed by atoms with van der Waals surface area (Å²) in [5.74, 6) is 7.11. The topological polar surface area (TPSA) is 29.5 Å². The summed E-state index contributed by atoms with van der Waals surface area (Å²) in [5, 5.41) is 11.2. The van der Waals surface area contributed by atoms with Crippen LogP contribution in [0.15, 0.2) is 36.4 Å². The lowest BCUT2D eigenvalue weighted by Gasteiger charge is -2.16. The molecule has 1 aliphatic carbocycles. The Bertz CT molecular complexity index is 673. The second kappa shape index (κ2) is 6.65. The number of ether oxygens (including phenoxy) is 1. The Balaban J connectivity index is 2.01. The third-order valence-electron chi connectivity index (χ3n) is 3.94. The molecule has 0 heterocycles. The van der Waals surface area contributed by atoms with Crippen molar-refractivity contribution in [2.24, 2.45) is 0 Å². The molecule has 2 nitrogen and oxygen atoms in total. The van der Waals surface area contributed by atoms with Gasteiger partial charge in [0.1, 0.15) is 5.75 Å². The van der Waals surface area contributed by atoms with Gasteiger partial charge in [-0.05, 0) is 37.1 Å². The lowest BCUT2D eigenvalue weighted by atomic mass is 10.0. The van der Waals surface area contributed by atoms with Crippen molar-refractivity contribution in [1.82, 2.24) is 0 Å². The second-order valence-electron chi connectivity index (χ2n) is 5.46. The van der Waals surface area contributed by atoms with E-state index in [0.717, 1.165) is 29.5 Å². The zero-order valence-electron chi connectivity index (χ0n) is 12.1. The molecule has 1 N–H and O–H groups in total. The summed E-state index contributed by atoms with van der Waals surface area (Å²) in [4.78, 5) is 0. The van der Waals surface area contributed by atoms with Crippen LogP contribution in [0.1, 0.15) is 37.7 Å². The molecule has 3 rings (SSSR count). The Morgan fingerprint density at radius 2 is 1.90 bits per heavy atom. The van der Waals surface area contributed by atoms with Crippen molar-refractivity contribution in [1.29, 1.82) is 0 Å². The molecule has 1 fully saturated rings. The van der Waals surface area contributed by atoms with Crippen molar-refractivity contribution in [2.45, 2.75) is 38.2 Å². The number of aliphatic hydroxyl groups excluding tert-OH is 1. The molecule has 2 heteroatoms. The molecule has 1 saturated carbocycles. The average Bonchev–Trinajstić information content (AvgIpc) is 3.02. The third kappa shape index (κ3) is 3.20. The van der Waals surface area contributed by atoms with Crippen LogP contribution in [0, 0.1) is 11.8 Å². The first-order chi connectivity index (χ1) is 10.4. The molecule has 0 aliphatic heterocycles. The van der Waals surface area contributed by atoms with E-state index in [4.69, 9.17) is 9.84 Å². The highest BCUT2D eigenvalue weighted by atomic mass is 16.5. The molecule has 2 aromatic rings. The van der Waals surface area contributed by atoms with Gasteiger partial charge in [0.05, 0.1) is 18.3 Å². The zero-order chi connectivity index (χ0) is 14.5. The summed E-state index contributed by atoms with van der Waals surface area (Å²) in [6.45, 7) is 0.0938. The lowest BCUT2D eigenvalue weighted by molar-refractivity contribution is 0.210. The van der Waals surface area contributed by atoms with Crippen LogP contribution < -0.4 is 4.74 Å². The van der Waals surface area contributed by atoms with Gasteiger partial charge in [-0.2, -0.15) is 0 Å². The number of hydrogen-bond donors (Lipinski definition) is 1. The minimum absolute atomic E-state index is 0.0938. The molecule has 0 aromatic heterocycles. The zero-order valence-corrected chi connectivity index (χ0v) is 12.1. The first kappa shape index (κ1) is 14.0. The summed E-state index contributed by atoms with van der Waals surface area (Å²) in [6, 6.07) is 12.4. The summed E-state index contributed by atoms with van der Waals surface area (Å²) in [5.41, 5.74) is 0.952. The number of rotatable bonds is 3. The minimum Gasteiger partial charge on any atom is -0.489 e. The highest BCUT2D eigenvalue weighted by molar-refractivity contribution is 5.90. The van der Waals surface area contributed by atoms with E-state index in [2.05, 4.69) is 30.0 Å². The van der Waals surface area contributed by atoms with Gasteiger partial charge in [-0.15, -0.1) is 0 Å². The number of fused-ring (bicyclic) bond motifs is 1. The Morgan fingerprint density at radius 3 is 2.71 bits per heavy atom. The SMILES string of the molecule is OCCC#Cc1c(OC2CCCC2)ccc2ccccc12. The van der Waals surface area contributed by atoms with Gasteiger partial charge in [0, 0.05) is 11.8 Å². The van der Waals surface area contributed by atoms with Gasteiger partial charge < -0.3 is 9.84 Å². The van der Waals surface area contributed by atoms with Gasteiger partial charge >= 0.3 is 0 Å². The molecular formula is C19H20O2. The first-order valence-corrected chi connectivity index (χ1v) is 7.66. The number of benzene rings is 2. The molecule has 0 amide bonds. The van der Waals surface area contributed by atoms with Crippen LogP contribution in [0.4, 0.5) is 0 Å². The second-order valence-corrected chi connectivity index (χ2v) is 5.46. The number of aliphatic hydroxyl groups is 1. The van der Waals surface area contributed by atoms with Crippen LogP contribution >= 0.6 is 0 Å². The molecule has 2 aromatic carbocycles. The van der Waals surface area contributed by atoms with E-state index in [1.165, 1.54) is 18.2 Å². The molecule has 0 bridgehead atoms. The van der Waals surface area contributed by atoms with Crippen molar-refractivity contribution in [3.05, 3.63) is 42.0 Å². The standard InChI is InChI=1S/C19H20O2/c20-14-6-5-11-18-17-10-4-1-7-15(17)12-13-19(18)21-16-8-2-3-9-16/h1,4,7,10,12-13,16,20H,2-3,6,8-9,14H2. The van der Waals surface area contributed by atoms with Gasteiger partial charge in [0.15, 0.2) is 0 Å². The van der Waals surface area contributed by atoms with Gasteiger partial charge in [-0.3, -0.25) is 0 Å². The molecule has 0 unspecified atom stereocenters. The smallest absolute Gasteiger partial charge is 0.135 e. The van der Waals surface area contributed by atoms with Crippen molar-refractivity contribution >= 4 is 10.8 Å². The van der Waals surface area contributed by atoms with E-state index in [9.17, 15) is 0 Å². The van der Waals surface area contributed by atoms with E-state index in [0.29, 0.717) is 12.5 Å². The van der Waals surface area contributed by atoms with Crippen molar-refractivity contribution in [3.8, 4) is 17.6 Å². The van der Waals surface area contributed by atoms with Crippen LogP contribution in [-0.2, 0) is 0 Å². The Morgan fingerprint density at radius 1 is 1.10 bits per heavy atom. The third-order valence-corrected chi connectivity index (χ3v) is 3.94. The highest BCUT2D eigenvalue weighted by Gasteiger charge is 2.18. The van der Waals surface area contributed by atoms with E-state index >= 15 is 0 Å². The normalized spacial score (nSPS) is 14.9.